The van der Waals surface area contributed by atoms with E-state index in [0.717, 1.165) is 29.0 Å². The number of halogens is 1. The molecule has 4 heteroatoms. The molecule has 0 aliphatic carbocycles. The average molecular weight is 304 g/mol. The fourth-order valence-electron chi connectivity index (χ4n) is 2.57. The highest BCUT2D eigenvalue weighted by molar-refractivity contribution is 6.31. The van der Waals surface area contributed by atoms with Gasteiger partial charge in [0.25, 0.3) is 0 Å². The predicted octanol–water partition coefficient (Wildman–Crippen LogP) is 3.81. The zero-order valence-electron chi connectivity index (χ0n) is 11.9. The van der Waals surface area contributed by atoms with Crippen molar-refractivity contribution in [2.45, 2.75) is 12.5 Å². The molecule has 110 valence electrons. The quantitative estimate of drug-likeness (QED) is 0.935. The summed E-state index contributed by atoms with van der Waals surface area (Å²) in [5.41, 5.74) is 2.16. The van der Waals surface area contributed by atoms with Crippen LogP contribution in [0.5, 0.6) is 11.5 Å². The van der Waals surface area contributed by atoms with E-state index in [0.29, 0.717) is 18.2 Å². The van der Waals surface area contributed by atoms with E-state index in [-0.39, 0.29) is 6.04 Å². The van der Waals surface area contributed by atoms with Gasteiger partial charge in [-0.05, 0) is 24.2 Å². The number of fused-ring (bicyclic) bond motifs is 1. The van der Waals surface area contributed by atoms with Crippen LogP contribution >= 0.6 is 11.6 Å². The number of rotatable bonds is 3. The minimum absolute atomic E-state index is 0.0239. The molecule has 0 spiro atoms. The van der Waals surface area contributed by atoms with Crippen LogP contribution in [-0.4, -0.2) is 20.3 Å². The highest BCUT2D eigenvalue weighted by atomic mass is 35.5. The van der Waals surface area contributed by atoms with Crippen LogP contribution in [0, 0.1) is 0 Å². The summed E-state index contributed by atoms with van der Waals surface area (Å²) in [4.78, 5) is 0. The first-order chi connectivity index (χ1) is 10.3. The Morgan fingerprint density at radius 2 is 1.71 bits per heavy atom. The number of ether oxygens (including phenoxy) is 2. The molecule has 1 N–H and O–H groups in total. The van der Waals surface area contributed by atoms with E-state index in [1.807, 2.05) is 37.4 Å². The molecule has 0 saturated heterocycles. The number of nitrogens with one attached hydrogen (secondary N) is 1. The minimum atomic E-state index is 0.0239. The Labute approximate surface area is 129 Å². The third kappa shape index (κ3) is 2.99. The fraction of sp³-hybridized carbons (Fsp3) is 0.294. The Kier molecular flexibility index (Phi) is 4.32. The molecule has 0 saturated carbocycles. The Morgan fingerprint density at radius 3 is 2.38 bits per heavy atom. The van der Waals surface area contributed by atoms with Gasteiger partial charge in [0.1, 0.15) is 0 Å². The Bertz CT molecular complexity index is 616. The first-order valence-corrected chi connectivity index (χ1v) is 7.48. The topological polar surface area (TPSA) is 30.5 Å². The van der Waals surface area contributed by atoms with Gasteiger partial charge in [0.05, 0.1) is 19.3 Å². The maximum absolute atomic E-state index is 6.46. The lowest BCUT2D eigenvalue weighted by molar-refractivity contribution is 0.297. The summed E-state index contributed by atoms with van der Waals surface area (Å²) in [6, 6.07) is 14.1. The van der Waals surface area contributed by atoms with Crippen molar-refractivity contribution in [1.29, 1.82) is 0 Å². The number of benzene rings is 2. The molecule has 1 heterocycles. The summed E-state index contributed by atoms with van der Waals surface area (Å²) in [6.07, 6.45) is 0.885. The summed E-state index contributed by atoms with van der Waals surface area (Å²) < 4.78 is 11.4. The van der Waals surface area contributed by atoms with E-state index in [1.54, 1.807) is 0 Å². The van der Waals surface area contributed by atoms with Gasteiger partial charge in [0, 0.05) is 17.5 Å². The summed E-state index contributed by atoms with van der Waals surface area (Å²) in [5, 5.41) is 4.00. The smallest absolute Gasteiger partial charge is 0.162 e. The molecule has 1 atom stereocenters. The van der Waals surface area contributed by atoms with E-state index >= 15 is 0 Å². The third-order valence-corrected chi connectivity index (χ3v) is 3.93. The molecule has 2 aromatic rings. The molecule has 1 aliphatic rings. The Hall–Kier alpha value is -1.71. The van der Waals surface area contributed by atoms with E-state index in [9.17, 15) is 0 Å². The lowest BCUT2D eigenvalue weighted by Crippen LogP contribution is -2.18. The van der Waals surface area contributed by atoms with Crippen molar-refractivity contribution in [2.24, 2.45) is 0 Å². The predicted molar refractivity (Wildman–Crippen MR) is 84.4 cm³/mol. The van der Waals surface area contributed by atoms with Crippen LogP contribution in [0.4, 0.5) is 0 Å². The number of hydrogen-bond acceptors (Lipinski definition) is 3. The highest BCUT2D eigenvalue weighted by Crippen LogP contribution is 2.38. The normalized spacial score (nSPS) is 15.3. The third-order valence-electron chi connectivity index (χ3n) is 3.60. The second kappa shape index (κ2) is 6.37. The Balaban J connectivity index is 2.02. The molecule has 0 bridgehead atoms. The maximum Gasteiger partial charge on any atom is 0.162 e. The minimum Gasteiger partial charge on any atom is -0.490 e. The zero-order chi connectivity index (χ0) is 14.7. The van der Waals surface area contributed by atoms with Gasteiger partial charge >= 0.3 is 0 Å². The maximum atomic E-state index is 6.46. The van der Waals surface area contributed by atoms with E-state index in [2.05, 4.69) is 17.4 Å². The molecule has 0 amide bonds. The van der Waals surface area contributed by atoms with Gasteiger partial charge in [-0.1, -0.05) is 41.9 Å². The molecule has 1 unspecified atom stereocenters. The average Bonchev–Trinajstić information content (AvgIpc) is 2.74. The molecule has 0 radical (unpaired) electrons. The fourth-order valence-corrected chi connectivity index (χ4v) is 2.83. The van der Waals surface area contributed by atoms with Gasteiger partial charge in [-0.15, -0.1) is 0 Å². The Morgan fingerprint density at radius 1 is 1.05 bits per heavy atom. The van der Waals surface area contributed by atoms with Crippen LogP contribution < -0.4 is 14.8 Å². The molecule has 1 aliphatic heterocycles. The SMILES string of the molecule is CNC(c1ccccc1)c1cc2c(cc1Cl)OCCCO2. The van der Waals surface area contributed by atoms with Gasteiger partial charge in [0.2, 0.25) is 0 Å². The molecule has 0 fully saturated rings. The lowest BCUT2D eigenvalue weighted by Gasteiger charge is -2.20. The summed E-state index contributed by atoms with van der Waals surface area (Å²) in [6.45, 7) is 1.33. The van der Waals surface area contributed by atoms with Crippen LogP contribution in [0.3, 0.4) is 0 Å². The molecule has 2 aromatic carbocycles. The van der Waals surface area contributed by atoms with Crippen molar-refractivity contribution < 1.29 is 9.47 Å². The summed E-state index contributed by atoms with van der Waals surface area (Å²) in [5.74, 6) is 1.49. The monoisotopic (exact) mass is 303 g/mol. The van der Waals surface area contributed by atoms with Crippen molar-refractivity contribution in [3.05, 3.63) is 58.6 Å². The van der Waals surface area contributed by atoms with Crippen LogP contribution in [0.15, 0.2) is 42.5 Å². The van der Waals surface area contributed by atoms with Gasteiger partial charge in [-0.2, -0.15) is 0 Å². The van der Waals surface area contributed by atoms with Crippen LogP contribution in [-0.2, 0) is 0 Å². The van der Waals surface area contributed by atoms with Crippen LogP contribution in [0.1, 0.15) is 23.6 Å². The van der Waals surface area contributed by atoms with Gasteiger partial charge in [-0.25, -0.2) is 0 Å². The molecular formula is C17H18ClNO2. The van der Waals surface area contributed by atoms with Gasteiger partial charge in [-0.3, -0.25) is 0 Å². The van der Waals surface area contributed by atoms with Crippen LogP contribution in [0.25, 0.3) is 0 Å². The van der Waals surface area contributed by atoms with Crippen molar-refractivity contribution in [1.82, 2.24) is 5.32 Å². The molecule has 21 heavy (non-hydrogen) atoms. The molecule has 3 nitrogen and oxygen atoms in total. The lowest BCUT2D eigenvalue weighted by atomic mass is 9.98. The van der Waals surface area contributed by atoms with Crippen molar-refractivity contribution in [3.63, 3.8) is 0 Å². The molecule has 3 rings (SSSR count). The zero-order valence-corrected chi connectivity index (χ0v) is 12.7. The van der Waals surface area contributed by atoms with E-state index < -0.39 is 0 Å². The summed E-state index contributed by atoms with van der Waals surface area (Å²) in [7, 11) is 1.93. The first-order valence-electron chi connectivity index (χ1n) is 7.11. The van der Waals surface area contributed by atoms with Gasteiger partial charge < -0.3 is 14.8 Å². The molecule has 0 aromatic heterocycles. The second-order valence-corrected chi connectivity index (χ2v) is 5.41. The van der Waals surface area contributed by atoms with Crippen molar-refractivity contribution in [2.75, 3.05) is 20.3 Å². The summed E-state index contributed by atoms with van der Waals surface area (Å²) >= 11 is 6.46. The second-order valence-electron chi connectivity index (χ2n) is 5.00. The number of hydrogen-bond donors (Lipinski definition) is 1. The van der Waals surface area contributed by atoms with E-state index in [1.165, 1.54) is 0 Å². The van der Waals surface area contributed by atoms with Crippen molar-refractivity contribution in [3.8, 4) is 11.5 Å². The van der Waals surface area contributed by atoms with Crippen LogP contribution in [0.2, 0.25) is 5.02 Å². The first kappa shape index (κ1) is 14.2. The largest absolute Gasteiger partial charge is 0.490 e. The van der Waals surface area contributed by atoms with E-state index in [4.69, 9.17) is 21.1 Å². The highest BCUT2D eigenvalue weighted by Gasteiger charge is 2.20. The van der Waals surface area contributed by atoms with Crippen molar-refractivity contribution >= 4 is 11.6 Å². The van der Waals surface area contributed by atoms with Gasteiger partial charge in [0.15, 0.2) is 11.5 Å². The molecular weight excluding hydrogens is 286 g/mol. The standard InChI is InChI=1S/C17H18ClNO2/c1-19-17(12-6-3-2-4-7-12)13-10-15-16(11-14(13)18)21-9-5-8-20-15/h2-4,6-7,10-11,17,19H,5,8-9H2,1H3.